The van der Waals surface area contributed by atoms with Crippen molar-refractivity contribution in [2.24, 2.45) is 5.92 Å². The summed E-state index contributed by atoms with van der Waals surface area (Å²) in [6, 6.07) is 14.2. The van der Waals surface area contributed by atoms with Crippen molar-refractivity contribution in [2.75, 3.05) is 24.8 Å². The van der Waals surface area contributed by atoms with Crippen LogP contribution in [0.5, 0.6) is 5.75 Å². The second-order valence-corrected chi connectivity index (χ2v) is 7.66. The number of hydrogen-bond donors (Lipinski definition) is 0. The smallest absolute Gasteiger partial charge is 0.312 e. The van der Waals surface area contributed by atoms with E-state index in [1.807, 2.05) is 30.5 Å². The minimum Gasteiger partial charge on any atom is -0.497 e. The number of methoxy groups -OCH3 is 1. The quantitative estimate of drug-likeness (QED) is 0.392. The van der Waals surface area contributed by atoms with E-state index in [4.69, 9.17) is 9.47 Å². The molecule has 6 nitrogen and oxygen atoms in total. The van der Waals surface area contributed by atoms with E-state index in [2.05, 4.69) is 0 Å². The van der Waals surface area contributed by atoms with Crippen molar-refractivity contribution in [3.05, 3.63) is 54.1 Å². The van der Waals surface area contributed by atoms with Crippen LogP contribution in [-0.2, 0) is 14.3 Å². The summed E-state index contributed by atoms with van der Waals surface area (Å²) in [5.41, 5.74) is 1.20. The second kappa shape index (κ2) is 9.13. The summed E-state index contributed by atoms with van der Waals surface area (Å²) in [6.07, 6.45) is 1.11. The number of esters is 1. The Morgan fingerprint density at radius 1 is 1.17 bits per heavy atom. The van der Waals surface area contributed by atoms with Gasteiger partial charge in [0, 0.05) is 29.1 Å². The van der Waals surface area contributed by atoms with Crippen LogP contribution in [0.2, 0.25) is 0 Å². The van der Waals surface area contributed by atoms with Gasteiger partial charge in [-0.15, -0.1) is 11.8 Å². The molecule has 1 aliphatic rings. The van der Waals surface area contributed by atoms with Crippen molar-refractivity contribution in [3.63, 3.8) is 0 Å². The van der Waals surface area contributed by atoms with Gasteiger partial charge in [0.15, 0.2) is 6.10 Å². The summed E-state index contributed by atoms with van der Waals surface area (Å²) in [6.45, 7) is 1.79. The Bertz CT molecular complexity index is 912. The number of carbonyl (C=O) groups excluding carboxylic acids is 3. The standard InChI is InChI=1S/C22H23NO5S/c1-14(21(25)15-7-9-18(27-2)10-8-15)28-22(26)16-11-20(24)23(13-16)17-5-4-6-19(12-17)29-3/h4-10,12,14,16H,11,13H2,1-3H3/t14-,16+/m1/s1. The van der Waals surface area contributed by atoms with Gasteiger partial charge in [0.25, 0.3) is 0 Å². The van der Waals surface area contributed by atoms with Crippen LogP contribution in [0.25, 0.3) is 0 Å². The molecule has 7 heteroatoms. The van der Waals surface area contributed by atoms with Crippen molar-refractivity contribution in [1.82, 2.24) is 0 Å². The lowest BCUT2D eigenvalue weighted by atomic mass is 10.1. The fourth-order valence-electron chi connectivity index (χ4n) is 3.21. The SMILES string of the molecule is COc1ccc(C(=O)[C@@H](C)OC(=O)[C@H]2CC(=O)N(c3cccc(SC)c3)C2)cc1. The highest BCUT2D eigenvalue weighted by molar-refractivity contribution is 7.98. The number of Topliss-reactive ketones (excluding diaryl/α,β-unsaturated/α-hetero) is 1. The minimum atomic E-state index is -0.931. The van der Waals surface area contributed by atoms with Crippen molar-refractivity contribution < 1.29 is 23.9 Å². The van der Waals surface area contributed by atoms with E-state index in [-0.39, 0.29) is 24.7 Å². The maximum Gasteiger partial charge on any atom is 0.312 e. The Morgan fingerprint density at radius 2 is 1.90 bits per heavy atom. The summed E-state index contributed by atoms with van der Waals surface area (Å²) in [5, 5.41) is 0. The average Bonchev–Trinajstić information content (AvgIpc) is 3.15. The highest BCUT2D eigenvalue weighted by atomic mass is 32.2. The molecule has 29 heavy (non-hydrogen) atoms. The van der Waals surface area contributed by atoms with E-state index in [1.54, 1.807) is 55.0 Å². The van der Waals surface area contributed by atoms with Crippen LogP contribution in [0.3, 0.4) is 0 Å². The van der Waals surface area contributed by atoms with Crippen LogP contribution in [-0.4, -0.2) is 43.7 Å². The predicted molar refractivity (Wildman–Crippen MR) is 112 cm³/mol. The lowest BCUT2D eigenvalue weighted by Crippen LogP contribution is -2.30. The number of amides is 1. The van der Waals surface area contributed by atoms with Crippen molar-refractivity contribution in [3.8, 4) is 5.75 Å². The van der Waals surface area contributed by atoms with Crippen LogP contribution in [0, 0.1) is 5.92 Å². The molecule has 2 aromatic carbocycles. The third-order valence-electron chi connectivity index (χ3n) is 4.86. The van der Waals surface area contributed by atoms with Gasteiger partial charge in [-0.2, -0.15) is 0 Å². The molecule has 0 aromatic heterocycles. The second-order valence-electron chi connectivity index (χ2n) is 6.78. The Labute approximate surface area is 174 Å². The van der Waals surface area contributed by atoms with E-state index < -0.39 is 18.0 Å². The van der Waals surface area contributed by atoms with Crippen LogP contribution >= 0.6 is 11.8 Å². The molecule has 0 aliphatic carbocycles. The third-order valence-corrected chi connectivity index (χ3v) is 5.59. The summed E-state index contributed by atoms with van der Waals surface area (Å²) in [5.74, 6) is -0.904. The molecule has 0 N–H and O–H groups in total. The zero-order chi connectivity index (χ0) is 21.0. The van der Waals surface area contributed by atoms with Crippen LogP contribution in [0.15, 0.2) is 53.4 Å². The van der Waals surface area contributed by atoms with E-state index in [9.17, 15) is 14.4 Å². The first-order valence-electron chi connectivity index (χ1n) is 9.26. The first-order valence-corrected chi connectivity index (χ1v) is 10.5. The van der Waals surface area contributed by atoms with Gasteiger partial charge in [-0.05, 0) is 55.6 Å². The number of rotatable bonds is 7. The van der Waals surface area contributed by atoms with E-state index >= 15 is 0 Å². The molecule has 1 fully saturated rings. The molecule has 0 spiro atoms. The average molecular weight is 413 g/mol. The van der Waals surface area contributed by atoms with E-state index in [1.165, 1.54) is 0 Å². The van der Waals surface area contributed by atoms with Crippen LogP contribution < -0.4 is 9.64 Å². The molecular weight excluding hydrogens is 390 g/mol. The zero-order valence-electron chi connectivity index (χ0n) is 16.6. The molecule has 0 radical (unpaired) electrons. The summed E-state index contributed by atoms with van der Waals surface area (Å²) in [7, 11) is 1.55. The number of thioether (sulfide) groups is 1. The lowest BCUT2D eigenvalue weighted by Gasteiger charge is -2.18. The van der Waals surface area contributed by atoms with Gasteiger partial charge < -0.3 is 14.4 Å². The largest absolute Gasteiger partial charge is 0.497 e. The predicted octanol–water partition coefficient (Wildman–Crippen LogP) is 3.58. The van der Waals surface area contributed by atoms with E-state index in [0.717, 1.165) is 10.6 Å². The first kappa shape index (κ1) is 20.9. The molecule has 0 unspecified atom stereocenters. The van der Waals surface area contributed by atoms with Crippen molar-refractivity contribution in [2.45, 2.75) is 24.3 Å². The molecule has 1 amide bonds. The molecular formula is C22H23NO5S. The molecule has 152 valence electrons. The zero-order valence-corrected chi connectivity index (χ0v) is 17.4. The number of hydrogen-bond acceptors (Lipinski definition) is 6. The Balaban J connectivity index is 1.62. The highest BCUT2D eigenvalue weighted by Crippen LogP contribution is 2.29. The number of nitrogens with zero attached hydrogens (tertiary/aromatic N) is 1. The normalized spacial score (nSPS) is 17.1. The van der Waals surface area contributed by atoms with Crippen molar-refractivity contribution >= 4 is 35.1 Å². The Hall–Kier alpha value is -2.80. The summed E-state index contributed by atoms with van der Waals surface area (Å²) in [4.78, 5) is 40.1. The first-order chi connectivity index (χ1) is 13.9. The maximum absolute atomic E-state index is 12.6. The highest BCUT2D eigenvalue weighted by Gasteiger charge is 2.37. The molecule has 3 rings (SSSR count). The maximum atomic E-state index is 12.6. The third kappa shape index (κ3) is 4.79. The van der Waals surface area contributed by atoms with Gasteiger partial charge >= 0.3 is 5.97 Å². The van der Waals surface area contributed by atoms with Crippen molar-refractivity contribution in [1.29, 1.82) is 0 Å². The fraction of sp³-hybridized carbons (Fsp3) is 0.318. The minimum absolute atomic E-state index is 0.0752. The lowest BCUT2D eigenvalue weighted by molar-refractivity contribution is -0.151. The number of ether oxygens (including phenoxy) is 2. The van der Waals surface area contributed by atoms with Gasteiger partial charge in [-0.1, -0.05) is 6.07 Å². The Kier molecular flexibility index (Phi) is 6.59. The molecule has 1 heterocycles. The Morgan fingerprint density at radius 3 is 2.55 bits per heavy atom. The molecule has 1 aliphatic heterocycles. The van der Waals surface area contributed by atoms with Crippen LogP contribution in [0.1, 0.15) is 23.7 Å². The molecule has 2 atom stereocenters. The van der Waals surface area contributed by atoms with Crippen LogP contribution in [0.4, 0.5) is 5.69 Å². The fourth-order valence-corrected chi connectivity index (χ4v) is 3.66. The number of anilines is 1. The van der Waals surface area contributed by atoms with E-state index in [0.29, 0.717) is 11.3 Å². The molecule has 2 aromatic rings. The topological polar surface area (TPSA) is 72.9 Å². The van der Waals surface area contributed by atoms with Gasteiger partial charge in [-0.3, -0.25) is 14.4 Å². The van der Waals surface area contributed by atoms with Gasteiger partial charge in [-0.25, -0.2) is 0 Å². The summed E-state index contributed by atoms with van der Waals surface area (Å²) >= 11 is 1.59. The summed E-state index contributed by atoms with van der Waals surface area (Å²) < 4.78 is 10.5. The molecule has 0 saturated carbocycles. The number of ketones is 1. The number of carbonyl (C=O) groups is 3. The number of benzene rings is 2. The van der Waals surface area contributed by atoms with Gasteiger partial charge in [0.1, 0.15) is 5.75 Å². The molecule has 0 bridgehead atoms. The monoisotopic (exact) mass is 413 g/mol. The van der Waals surface area contributed by atoms with Gasteiger partial charge in [0.2, 0.25) is 11.7 Å². The van der Waals surface area contributed by atoms with Gasteiger partial charge in [0.05, 0.1) is 13.0 Å². The molecule has 1 saturated heterocycles.